The van der Waals surface area contributed by atoms with E-state index in [0.717, 1.165) is 58.5 Å². The van der Waals surface area contributed by atoms with Crippen molar-refractivity contribution in [3.8, 4) is 0 Å². The highest BCUT2D eigenvalue weighted by Crippen LogP contribution is 2.04. The molecule has 0 spiro atoms. The molecular weight excluding hydrogens is 326 g/mol. The smallest absolute Gasteiger partial charge is 0.305 e. The van der Waals surface area contributed by atoms with E-state index in [1.807, 2.05) is 0 Å². The van der Waals surface area contributed by atoms with Gasteiger partial charge in [-0.1, -0.05) is 19.1 Å². The molecule has 1 fully saturated rings. The predicted octanol–water partition coefficient (Wildman–Crippen LogP) is 1.88. The van der Waals surface area contributed by atoms with Crippen LogP contribution in [-0.4, -0.2) is 73.3 Å². The Labute approximate surface area is 149 Å². The number of rotatable bonds is 13. The number of carbonyl (C=O) groups is 1. The van der Waals surface area contributed by atoms with Crippen molar-refractivity contribution in [2.75, 3.05) is 52.5 Å². The summed E-state index contributed by atoms with van der Waals surface area (Å²) >= 11 is 0. The lowest BCUT2D eigenvalue weighted by atomic mass is 10.2. The fourth-order valence-electron chi connectivity index (χ4n) is 2.67. The monoisotopic (exact) mass is 357 g/mol. The van der Waals surface area contributed by atoms with Crippen LogP contribution in [0, 0.1) is 10.1 Å². The van der Waals surface area contributed by atoms with Gasteiger partial charge in [0.25, 0.3) is 5.09 Å². The maximum atomic E-state index is 11.6. The van der Waals surface area contributed by atoms with E-state index in [9.17, 15) is 14.9 Å². The largest absolute Gasteiger partial charge is 0.464 e. The number of unbranched alkanes of at least 4 members (excludes halogenated alkanes) is 1. The molecule has 1 heterocycles. The molecule has 8 nitrogen and oxygen atoms in total. The van der Waals surface area contributed by atoms with Crippen molar-refractivity contribution in [1.29, 1.82) is 0 Å². The van der Waals surface area contributed by atoms with Crippen LogP contribution in [0.15, 0.2) is 12.2 Å². The van der Waals surface area contributed by atoms with E-state index < -0.39 is 5.09 Å². The first-order chi connectivity index (χ1) is 12.1. The van der Waals surface area contributed by atoms with Crippen LogP contribution in [0.1, 0.15) is 39.0 Å². The van der Waals surface area contributed by atoms with Gasteiger partial charge in [-0.3, -0.25) is 9.69 Å². The Kier molecular flexibility index (Phi) is 11.6. The minimum absolute atomic E-state index is 0.116. The minimum Gasteiger partial charge on any atom is -0.464 e. The molecule has 1 saturated heterocycles. The van der Waals surface area contributed by atoms with Gasteiger partial charge in [0.1, 0.15) is 6.61 Å². The van der Waals surface area contributed by atoms with Crippen molar-refractivity contribution in [2.45, 2.75) is 39.0 Å². The van der Waals surface area contributed by atoms with E-state index in [1.54, 1.807) is 0 Å². The summed E-state index contributed by atoms with van der Waals surface area (Å²) in [5.74, 6) is -0.116. The molecule has 0 aromatic heterocycles. The average Bonchev–Trinajstić information content (AvgIpc) is 2.59. The number of nitrogens with zero attached hydrogens (tertiary/aromatic N) is 3. The zero-order valence-electron chi connectivity index (χ0n) is 15.2. The molecule has 1 aliphatic rings. The second-order valence-corrected chi connectivity index (χ2v) is 6.09. The fraction of sp³-hybridized carbons (Fsp3) is 0.824. The molecule has 0 aromatic carbocycles. The summed E-state index contributed by atoms with van der Waals surface area (Å²) in [6.07, 6.45) is 8.16. The number of carbonyl (C=O) groups excluding carboxylic acids is 1. The second kappa shape index (κ2) is 13.6. The third-order valence-corrected chi connectivity index (χ3v) is 4.10. The zero-order valence-corrected chi connectivity index (χ0v) is 15.2. The standard InChI is InChI=1S/C17H31N3O5/c1-2-3-4-5-6-8-17(21)24-16-14-19-12-10-18(11-13-19)9-7-15-25-20(22)23/h3-4H,2,5-16H2,1H3/b4-3-. The Morgan fingerprint density at radius 3 is 2.40 bits per heavy atom. The number of esters is 1. The van der Waals surface area contributed by atoms with E-state index >= 15 is 0 Å². The van der Waals surface area contributed by atoms with Gasteiger partial charge in [-0.25, -0.2) is 0 Å². The molecule has 25 heavy (non-hydrogen) atoms. The van der Waals surface area contributed by atoms with Crippen LogP contribution < -0.4 is 0 Å². The third-order valence-electron chi connectivity index (χ3n) is 4.10. The van der Waals surface area contributed by atoms with Crippen LogP contribution in [-0.2, 0) is 14.4 Å². The zero-order chi connectivity index (χ0) is 18.3. The third kappa shape index (κ3) is 11.5. The van der Waals surface area contributed by atoms with Gasteiger partial charge >= 0.3 is 5.97 Å². The lowest BCUT2D eigenvalue weighted by Crippen LogP contribution is -2.47. The summed E-state index contributed by atoms with van der Waals surface area (Å²) < 4.78 is 5.28. The Morgan fingerprint density at radius 1 is 1.08 bits per heavy atom. The maximum absolute atomic E-state index is 11.6. The van der Waals surface area contributed by atoms with E-state index in [4.69, 9.17) is 4.74 Å². The van der Waals surface area contributed by atoms with Crippen molar-refractivity contribution < 1.29 is 19.5 Å². The Hall–Kier alpha value is -1.67. The molecule has 0 atom stereocenters. The molecule has 0 N–H and O–H groups in total. The number of piperazine rings is 1. The van der Waals surface area contributed by atoms with Gasteiger partial charge in [0.2, 0.25) is 0 Å². The molecule has 8 heteroatoms. The van der Waals surface area contributed by atoms with Crippen LogP contribution in [0.3, 0.4) is 0 Å². The van der Waals surface area contributed by atoms with Gasteiger partial charge < -0.3 is 14.5 Å². The van der Waals surface area contributed by atoms with Crippen LogP contribution in [0.4, 0.5) is 0 Å². The maximum Gasteiger partial charge on any atom is 0.305 e. The van der Waals surface area contributed by atoms with Crippen molar-refractivity contribution in [3.63, 3.8) is 0 Å². The van der Waals surface area contributed by atoms with Gasteiger partial charge in [-0.05, 0) is 25.7 Å². The van der Waals surface area contributed by atoms with Crippen molar-refractivity contribution >= 4 is 5.97 Å². The summed E-state index contributed by atoms with van der Waals surface area (Å²) in [4.78, 5) is 30.6. The Morgan fingerprint density at radius 2 is 1.76 bits per heavy atom. The number of allylic oxidation sites excluding steroid dienone is 2. The second-order valence-electron chi connectivity index (χ2n) is 6.09. The minimum atomic E-state index is -0.749. The molecule has 1 aliphatic heterocycles. The molecular formula is C17H31N3O5. The summed E-state index contributed by atoms with van der Waals surface area (Å²) in [6.45, 7) is 7.97. The lowest BCUT2D eigenvalue weighted by molar-refractivity contribution is -0.757. The molecule has 0 aromatic rings. The van der Waals surface area contributed by atoms with Gasteiger partial charge in [-0.2, -0.15) is 0 Å². The van der Waals surface area contributed by atoms with Crippen LogP contribution in [0.25, 0.3) is 0 Å². The van der Waals surface area contributed by atoms with Crippen LogP contribution >= 0.6 is 0 Å². The Balaban J connectivity index is 1.98. The first-order valence-electron chi connectivity index (χ1n) is 9.14. The molecule has 1 rings (SSSR count). The van der Waals surface area contributed by atoms with Crippen molar-refractivity contribution in [1.82, 2.24) is 9.80 Å². The van der Waals surface area contributed by atoms with Crippen LogP contribution in [0.5, 0.6) is 0 Å². The normalized spacial score (nSPS) is 16.2. The highest BCUT2D eigenvalue weighted by molar-refractivity contribution is 5.69. The van der Waals surface area contributed by atoms with Crippen molar-refractivity contribution in [3.05, 3.63) is 22.3 Å². The van der Waals surface area contributed by atoms with E-state index in [0.29, 0.717) is 19.4 Å². The molecule has 0 bridgehead atoms. The fourth-order valence-corrected chi connectivity index (χ4v) is 2.67. The van der Waals surface area contributed by atoms with E-state index in [-0.39, 0.29) is 12.6 Å². The molecule has 0 amide bonds. The van der Waals surface area contributed by atoms with Gasteiger partial charge in [-0.15, -0.1) is 10.1 Å². The summed E-state index contributed by atoms with van der Waals surface area (Å²) in [5.41, 5.74) is 0. The van der Waals surface area contributed by atoms with E-state index in [1.165, 1.54) is 0 Å². The lowest BCUT2D eigenvalue weighted by Gasteiger charge is -2.34. The van der Waals surface area contributed by atoms with Gasteiger partial charge in [0.05, 0.1) is 6.61 Å². The first-order valence-corrected chi connectivity index (χ1v) is 9.14. The summed E-state index contributed by atoms with van der Waals surface area (Å²) in [6, 6.07) is 0. The highest BCUT2D eigenvalue weighted by Gasteiger charge is 2.16. The molecule has 144 valence electrons. The quantitative estimate of drug-likeness (QED) is 0.164. The topological polar surface area (TPSA) is 85.2 Å². The molecule has 0 saturated carbocycles. The molecule has 0 aliphatic carbocycles. The van der Waals surface area contributed by atoms with E-state index in [2.05, 4.69) is 33.7 Å². The van der Waals surface area contributed by atoms with Gasteiger partial charge in [0, 0.05) is 45.7 Å². The van der Waals surface area contributed by atoms with Gasteiger partial charge in [0.15, 0.2) is 0 Å². The Bertz CT molecular complexity index is 409. The SMILES string of the molecule is CC/C=C\CCCC(=O)OCCN1CCN(CCCO[N+](=O)[O-])CC1. The first kappa shape index (κ1) is 21.4. The number of hydrogen-bond donors (Lipinski definition) is 0. The number of hydrogen-bond acceptors (Lipinski definition) is 7. The highest BCUT2D eigenvalue weighted by atomic mass is 16.9. The van der Waals surface area contributed by atoms with Crippen LogP contribution in [0.2, 0.25) is 0 Å². The average molecular weight is 357 g/mol. The van der Waals surface area contributed by atoms with Crippen molar-refractivity contribution in [2.24, 2.45) is 0 Å². The molecule has 0 radical (unpaired) electrons. The summed E-state index contributed by atoms with van der Waals surface area (Å²) in [5, 5.41) is 9.32. The predicted molar refractivity (Wildman–Crippen MR) is 94.7 cm³/mol. The summed E-state index contributed by atoms with van der Waals surface area (Å²) in [7, 11) is 0. The number of ether oxygens (including phenoxy) is 1. The molecule has 0 unspecified atom stereocenters.